The molecule has 2 heterocycles. The van der Waals surface area contributed by atoms with Crippen molar-refractivity contribution in [2.24, 2.45) is 0 Å². The van der Waals surface area contributed by atoms with Gasteiger partial charge in [-0.25, -0.2) is 4.79 Å². The number of fused-ring (bicyclic) bond motifs is 1. The zero-order valence-electron chi connectivity index (χ0n) is 14.1. The summed E-state index contributed by atoms with van der Waals surface area (Å²) in [6, 6.07) is 19.1. The summed E-state index contributed by atoms with van der Waals surface area (Å²) in [5.74, 6) is 0.340. The van der Waals surface area contributed by atoms with E-state index in [0.717, 1.165) is 28.0 Å². The van der Waals surface area contributed by atoms with E-state index in [4.69, 9.17) is 20.8 Å². The van der Waals surface area contributed by atoms with E-state index in [1.807, 2.05) is 54.6 Å². The average molecular weight is 366 g/mol. The lowest BCUT2D eigenvalue weighted by atomic mass is 10.0. The number of carbonyl (C=O) groups excluding carboxylic acids is 1. The first-order valence-corrected chi connectivity index (χ1v) is 8.69. The van der Waals surface area contributed by atoms with Crippen LogP contribution in [0.2, 0.25) is 5.02 Å². The van der Waals surface area contributed by atoms with Crippen LogP contribution in [0.3, 0.4) is 0 Å². The number of esters is 1. The number of ether oxygens (including phenoxy) is 1. The number of furan rings is 1. The maximum Gasteiger partial charge on any atom is 0.354 e. The molecule has 4 rings (SSSR count). The number of H-pyrrole nitrogens is 1. The van der Waals surface area contributed by atoms with Gasteiger partial charge in [0.25, 0.3) is 0 Å². The van der Waals surface area contributed by atoms with Gasteiger partial charge in [-0.3, -0.25) is 0 Å². The summed E-state index contributed by atoms with van der Waals surface area (Å²) in [6.45, 7) is 2.09. The highest BCUT2D eigenvalue weighted by atomic mass is 35.5. The van der Waals surface area contributed by atoms with Crippen molar-refractivity contribution >= 4 is 28.7 Å². The van der Waals surface area contributed by atoms with E-state index in [-0.39, 0.29) is 0 Å². The molecule has 0 fully saturated rings. The summed E-state index contributed by atoms with van der Waals surface area (Å²) in [5, 5.41) is 0.661. The van der Waals surface area contributed by atoms with Crippen LogP contribution in [0, 0.1) is 0 Å². The predicted molar refractivity (Wildman–Crippen MR) is 102 cm³/mol. The fourth-order valence-electron chi connectivity index (χ4n) is 2.98. The number of benzene rings is 2. The maximum atomic E-state index is 12.0. The highest BCUT2D eigenvalue weighted by Gasteiger charge is 2.22. The van der Waals surface area contributed by atoms with Crippen molar-refractivity contribution in [1.82, 2.24) is 4.98 Å². The number of carbonyl (C=O) groups is 1. The van der Waals surface area contributed by atoms with Crippen LogP contribution in [0.25, 0.3) is 33.6 Å². The first kappa shape index (κ1) is 16.5. The molecular weight excluding hydrogens is 350 g/mol. The molecule has 0 atom stereocenters. The fraction of sp³-hybridized carbons (Fsp3) is 0.0952. The normalized spacial score (nSPS) is 11.0. The Labute approximate surface area is 155 Å². The van der Waals surface area contributed by atoms with Gasteiger partial charge in [0.2, 0.25) is 0 Å². The Balaban J connectivity index is 1.93. The molecule has 0 aliphatic carbocycles. The summed E-state index contributed by atoms with van der Waals surface area (Å²) in [6.07, 6.45) is 0. The number of hydrogen-bond donors (Lipinski definition) is 1. The van der Waals surface area contributed by atoms with Crippen LogP contribution in [-0.4, -0.2) is 17.6 Å². The van der Waals surface area contributed by atoms with E-state index in [9.17, 15) is 4.79 Å². The van der Waals surface area contributed by atoms with Crippen LogP contribution >= 0.6 is 11.6 Å². The highest BCUT2D eigenvalue weighted by Crippen LogP contribution is 2.41. The number of aromatic nitrogens is 1. The molecule has 2 aromatic carbocycles. The van der Waals surface area contributed by atoms with Gasteiger partial charge in [-0.15, -0.1) is 0 Å². The SMILES string of the molecule is CCOC(=O)c1cc2oc(-c3ccccc3)c(-c3ccc(Cl)cc3)c2[nH]1. The zero-order chi connectivity index (χ0) is 18.1. The lowest BCUT2D eigenvalue weighted by molar-refractivity contribution is 0.0520. The van der Waals surface area contributed by atoms with Crippen molar-refractivity contribution in [3.63, 3.8) is 0 Å². The first-order chi connectivity index (χ1) is 12.7. The third kappa shape index (κ3) is 2.89. The molecule has 0 saturated heterocycles. The standard InChI is InChI=1S/C21H16ClNO3/c1-2-25-21(24)16-12-17-19(23-16)18(13-8-10-15(22)11-9-13)20(26-17)14-6-4-3-5-7-14/h3-12,23H,2H2,1H3. The van der Waals surface area contributed by atoms with Gasteiger partial charge in [0.1, 0.15) is 11.5 Å². The van der Waals surface area contributed by atoms with Gasteiger partial charge in [-0.05, 0) is 24.6 Å². The monoisotopic (exact) mass is 365 g/mol. The molecule has 0 bridgehead atoms. The second kappa shape index (κ2) is 6.73. The van der Waals surface area contributed by atoms with Gasteiger partial charge in [0, 0.05) is 16.7 Å². The number of rotatable bonds is 4. The summed E-state index contributed by atoms with van der Waals surface area (Å²) >= 11 is 6.04. The van der Waals surface area contributed by atoms with Crippen molar-refractivity contribution in [1.29, 1.82) is 0 Å². The van der Waals surface area contributed by atoms with Gasteiger partial charge in [-0.2, -0.15) is 0 Å². The fourth-order valence-corrected chi connectivity index (χ4v) is 3.11. The summed E-state index contributed by atoms with van der Waals surface area (Å²) in [4.78, 5) is 15.2. The Kier molecular flexibility index (Phi) is 4.27. The van der Waals surface area contributed by atoms with E-state index >= 15 is 0 Å². The minimum atomic E-state index is -0.401. The molecule has 26 heavy (non-hydrogen) atoms. The van der Waals surface area contributed by atoms with Gasteiger partial charge >= 0.3 is 5.97 Å². The van der Waals surface area contributed by atoms with Crippen LogP contribution in [0.5, 0.6) is 0 Å². The minimum absolute atomic E-state index is 0.318. The Morgan fingerprint density at radius 2 is 1.81 bits per heavy atom. The van der Waals surface area contributed by atoms with Crippen molar-refractivity contribution in [2.45, 2.75) is 6.92 Å². The number of aromatic amines is 1. The lowest BCUT2D eigenvalue weighted by Gasteiger charge is -2.05. The van der Waals surface area contributed by atoms with Gasteiger partial charge in [0.15, 0.2) is 5.58 Å². The Bertz CT molecular complexity index is 1060. The van der Waals surface area contributed by atoms with Gasteiger partial charge in [-0.1, -0.05) is 54.1 Å². The molecule has 130 valence electrons. The molecular formula is C21H16ClNO3. The number of halogens is 1. The Morgan fingerprint density at radius 3 is 2.50 bits per heavy atom. The zero-order valence-corrected chi connectivity index (χ0v) is 14.8. The van der Waals surface area contributed by atoms with Crippen LogP contribution in [-0.2, 0) is 4.74 Å². The predicted octanol–water partition coefficient (Wildman–Crippen LogP) is 5.93. The van der Waals surface area contributed by atoms with E-state index in [1.165, 1.54) is 0 Å². The van der Waals surface area contributed by atoms with Crippen LogP contribution in [0.4, 0.5) is 0 Å². The van der Waals surface area contributed by atoms with Crippen LogP contribution in [0.1, 0.15) is 17.4 Å². The topological polar surface area (TPSA) is 55.2 Å². The molecule has 5 heteroatoms. The molecule has 0 radical (unpaired) electrons. The Hall–Kier alpha value is -2.98. The Morgan fingerprint density at radius 1 is 1.08 bits per heavy atom. The molecule has 0 amide bonds. The number of hydrogen-bond acceptors (Lipinski definition) is 3. The summed E-state index contributed by atoms with van der Waals surface area (Å²) in [7, 11) is 0. The van der Waals surface area contributed by atoms with Crippen molar-refractivity contribution in [2.75, 3.05) is 6.61 Å². The molecule has 0 aliphatic heterocycles. The molecule has 4 aromatic rings. The van der Waals surface area contributed by atoms with Gasteiger partial charge < -0.3 is 14.1 Å². The molecule has 0 spiro atoms. The molecule has 0 unspecified atom stereocenters. The summed E-state index contributed by atoms with van der Waals surface area (Å²) < 4.78 is 11.2. The third-order valence-electron chi connectivity index (χ3n) is 4.13. The number of nitrogens with one attached hydrogen (secondary N) is 1. The summed E-state index contributed by atoms with van der Waals surface area (Å²) in [5.41, 5.74) is 4.53. The second-order valence-corrected chi connectivity index (χ2v) is 6.26. The highest BCUT2D eigenvalue weighted by molar-refractivity contribution is 6.30. The first-order valence-electron chi connectivity index (χ1n) is 8.31. The smallest absolute Gasteiger partial charge is 0.354 e. The van der Waals surface area contributed by atoms with Crippen molar-refractivity contribution in [3.8, 4) is 22.5 Å². The largest absolute Gasteiger partial charge is 0.461 e. The van der Waals surface area contributed by atoms with Crippen molar-refractivity contribution in [3.05, 3.63) is 71.4 Å². The molecule has 0 saturated carbocycles. The molecule has 1 N–H and O–H groups in total. The minimum Gasteiger partial charge on any atom is -0.461 e. The average Bonchev–Trinajstić information content (AvgIpc) is 3.21. The quantitative estimate of drug-likeness (QED) is 0.456. The molecule has 4 nitrogen and oxygen atoms in total. The molecule has 2 aromatic heterocycles. The molecule has 0 aliphatic rings. The van der Waals surface area contributed by atoms with E-state index in [0.29, 0.717) is 22.9 Å². The maximum absolute atomic E-state index is 12.0. The van der Waals surface area contributed by atoms with E-state index in [1.54, 1.807) is 13.0 Å². The van der Waals surface area contributed by atoms with Crippen LogP contribution in [0.15, 0.2) is 65.1 Å². The van der Waals surface area contributed by atoms with Gasteiger partial charge in [0.05, 0.1) is 17.7 Å². The third-order valence-corrected chi connectivity index (χ3v) is 4.39. The van der Waals surface area contributed by atoms with Crippen molar-refractivity contribution < 1.29 is 13.9 Å². The second-order valence-electron chi connectivity index (χ2n) is 5.82. The van der Waals surface area contributed by atoms with Crippen LogP contribution < -0.4 is 0 Å². The van der Waals surface area contributed by atoms with E-state index in [2.05, 4.69) is 4.98 Å². The van der Waals surface area contributed by atoms with E-state index < -0.39 is 5.97 Å². The lowest BCUT2D eigenvalue weighted by Crippen LogP contribution is -2.04.